The fraction of sp³-hybridized carbons (Fsp3) is 0.556. The number of allylic oxidation sites excluding steroid dienone is 1. The highest BCUT2D eigenvalue weighted by Crippen LogP contribution is 2.46. The second-order valence-electron chi connectivity index (χ2n) is 14.3. The zero-order valence-corrected chi connectivity index (χ0v) is 29.5. The van der Waals surface area contributed by atoms with E-state index in [1.165, 1.54) is 21.2 Å². The number of carbonyl (C=O) groups is 5. The third kappa shape index (κ3) is 6.96. The number of hydrogen-bond donors (Lipinski definition) is 4. The summed E-state index contributed by atoms with van der Waals surface area (Å²) in [5, 5.41) is 32.9. The molecule has 2 aromatic rings. The zero-order chi connectivity index (χ0) is 34.8. The summed E-state index contributed by atoms with van der Waals surface area (Å²) in [6, 6.07) is 1.00. The van der Waals surface area contributed by atoms with Gasteiger partial charge in [-0.2, -0.15) is 27.8 Å². The molecule has 1 saturated heterocycles. The Kier molecular flexibility index (Phi) is 10.1. The van der Waals surface area contributed by atoms with Crippen LogP contribution in [-0.2, 0) is 19.2 Å². The first-order chi connectivity index (χ1) is 24.2. The van der Waals surface area contributed by atoms with Crippen molar-refractivity contribution >= 4 is 58.6 Å². The van der Waals surface area contributed by atoms with Crippen molar-refractivity contribution in [3.8, 4) is 0 Å². The van der Waals surface area contributed by atoms with E-state index >= 15 is 0 Å². The van der Waals surface area contributed by atoms with Gasteiger partial charge < -0.3 is 26.0 Å². The molecule has 7 atom stereocenters. The van der Waals surface area contributed by atoms with Crippen LogP contribution in [0.2, 0.25) is 0 Å². The molecular formula is C36H44N6O6S2. The molecular weight excluding hydrogens is 677 g/mol. The van der Waals surface area contributed by atoms with Crippen molar-refractivity contribution in [2.24, 2.45) is 11.0 Å². The molecule has 7 rings (SSSR count). The van der Waals surface area contributed by atoms with Gasteiger partial charge in [0.15, 0.2) is 0 Å². The summed E-state index contributed by atoms with van der Waals surface area (Å²) >= 11 is 3.06. The van der Waals surface area contributed by atoms with Gasteiger partial charge >= 0.3 is 12.0 Å². The third-order valence-electron chi connectivity index (χ3n) is 11.0. The van der Waals surface area contributed by atoms with Crippen molar-refractivity contribution in [3.63, 3.8) is 0 Å². The molecule has 266 valence electrons. The molecule has 2 aromatic heterocycles. The first-order valence-electron chi connectivity index (χ1n) is 17.8. The van der Waals surface area contributed by atoms with Crippen LogP contribution < -0.4 is 16.0 Å². The molecule has 3 fully saturated rings. The highest BCUT2D eigenvalue weighted by molar-refractivity contribution is 7.08. The third-order valence-corrected chi connectivity index (χ3v) is 12.4. The van der Waals surface area contributed by atoms with E-state index in [0.29, 0.717) is 12.8 Å². The number of nitrogens with zero attached hydrogens (tertiary/aromatic N) is 3. The number of rotatable bonds is 6. The quantitative estimate of drug-likeness (QED) is 0.320. The Hall–Kier alpha value is -4.04. The molecule has 2 aliphatic carbocycles. The van der Waals surface area contributed by atoms with Crippen LogP contribution in [0.1, 0.15) is 93.6 Å². The number of carbonyl (C=O) groups excluding carboxylic acids is 4. The van der Waals surface area contributed by atoms with Crippen LogP contribution in [0.4, 0.5) is 4.79 Å². The summed E-state index contributed by atoms with van der Waals surface area (Å²) in [5.41, 5.74) is 0.423. The average Bonchev–Trinajstić information content (AvgIpc) is 3.77. The molecule has 0 spiro atoms. The van der Waals surface area contributed by atoms with Gasteiger partial charge in [-0.3, -0.25) is 14.4 Å². The normalized spacial score (nSPS) is 32.8. The van der Waals surface area contributed by atoms with Gasteiger partial charge in [-0.15, -0.1) is 0 Å². The Balaban J connectivity index is 1.18. The van der Waals surface area contributed by atoms with Crippen LogP contribution in [0.15, 0.2) is 50.9 Å². The Morgan fingerprint density at radius 2 is 1.68 bits per heavy atom. The second-order valence-corrected chi connectivity index (χ2v) is 15.8. The van der Waals surface area contributed by atoms with E-state index in [4.69, 9.17) is 0 Å². The molecule has 2 saturated carbocycles. The van der Waals surface area contributed by atoms with Crippen molar-refractivity contribution < 1.29 is 29.1 Å². The number of urea groups is 1. The van der Waals surface area contributed by atoms with Gasteiger partial charge in [0.2, 0.25) is 11.8 Å². The van der Waals surface area contributed by atoms with Crippen LogP contribution in [-0.4, -0.2) is 87.2 Å². The molecule has 5 aliphatic rings. The van der Waals surface area contributed by atoms with Gasteiger partial charge in [-0.25, -0.2) is 14.6 Å². The Morgan fingerprint density at radius 1 is 0.940 bits per heavy atom. The molecule has 14 heteroatoms. The molecule has 0 bridgehead atoms. The maximum atomic E-state index is 14.5. The summed E-state index contributed by atoms with van der Waals surface area (Å²) in [6.07, 6.45) is 13.4. The largest absolute Gasteiger partial charge is 0.479 e. The van der Waals surface area contributed by atoms with Crippen molar-refractivity contribution in [1.82, 2.24) is 25.9 Å². The Labute approximate surface area is 299 Å². The maximum absolute atomic E-state index is 14.5. The maximum Gasteiger partial charge on any atom is 0.330 e. The zero-order valence-electron chi connectivity index (χ0n) is 27.9. The standard InChI is InChI=1S/C36H44N6O6S2/c43-31-29-16-26(42-33(45)30(23-13-15-50-21-23)27(18-37-42)22-12-14-49-20-22)19-41(29)32(44)28(39-35(48)38-25-9-6-7-10-25)11-5-3-1-2-4-8-24-17-36(24,40-31)34(46)47/h4,8,12-15,18,20-21,24-30H,1-3,5-7,9-11,16-17,19H2,(H,40,43)(H,46,47)(H2,38,39,48)/b8-4-/t24-,26+,27-,28-,29?,30?,36+/m1/s1. The van der Waals surface area contributed by atoms with E-state index < -0.39 is 53.4 Å². The minimum atomic E-state index is -1.45. The molecule has 4 N–H and O–H groups in total. The fourth-order valence-corrected chi connectivity index (χ4v) is 9.52. The second kappa shape index (κ2) is 14.7. The first-order valence-corrected chi connectivity index (χ1v) is 19.6. The summed E-state index contributed by atoms with van der Waals surface area (Å²) in [7, 11) is 0. The summed E-state index contributed by atoms with van der Waals surface area (Å²) in [5.74, 6) is -3.48. The number of nitrogens with one attached hydrogen (secondary N) is 3. The van der Waals surface area contributed by atoms with E-state index in [0.717, 1.165) is 56.1 Å². The number of amides is 5. The first kappa shape index (κ1) is 34.4. The van der Waals surface area contributed by atoms with Crippen molar-refractivity contribution in [2.45, 2.75) is 112 Å². The highest BCUT2D eigenvalue weighted by Gasteiger charge is 2.61. The molecule has 3 aliphatic heterocycles. The molecule has 0 radical (unpaired) electrons. The van der Waals surface area contributed by atoms with Gasteiger partial charge in [0.1, 0.15) is 17.6 Å². The SMILES string of the molecule is O=C(NC1CCCC1)N[C@@H]1CCCCC/C=C\[C@@H]2C[C@]2(C(=O)O)NC(=O)C2C[C@H](N3N=C[C@H](c4ccsc4)C(c4ccsc4)C3=O)CN2C1=O. The summed E-state index contributed by atoms with van der Waals surface area (Å²) < 4.78 is 0. The van der Waals surface area contributed by atoms with Gasteiger partial charge in [0.25, 0.3) is 5.91 Å². The minimum Gasteiger partial charge on any atom is -0.479 e. The van der Waals surface area contributed by atoms with Crippen LogP contribution in [0.5, 0.6) is 0 Å². The van der Waals surface area contributed by atoms with Crippen molar-refractivity contribution in [2.75, 3.05) is 6.54 Å². The average molecular weight is 721 g/mol. The van der Waals surface area contributed by atoms with E-state index in [1.807, 2.05) is 45.8 Å². The lowest BCUT2D eigenvalue weighted by Crippen LogP contribution is -2.57. The van der Waals surface area contributed by atoms with E-state index in [9.17, 15) is 29.1 Å². The number of carboxylic acid groups (broad SMARTS) is 1. The predicted octanol–water partition coefficient (Wildman–Crippen LogP) is 4.56. The minimum absolute atomic E-state index is 0.0191. The number of carboxylic acids is 1. The molecule has 2 unspecified atom stereocenters. The van der Waals surface area contributed by atoms with Gasteiger partial charge in [-0.1, -0.05) is 37.8 Å². The molecule has 5 amide bonds. The van der Waals surface area contributed by atoms with Crippen LogP contribution in [0.25, 0.3) is 0 Å². The monoisotopic (exact) mass is 720 g/mol. The Morgan fingerprint density at radius 3 is 2.40 bits per heavy atom. The van der Waals surface area contributed by atoms with Crippen molar-refractivity contribution in [1.29, 1.82) is 0 Å². The van der Waals surface area contributed by atoms with E-state index in [2.05, 4.69) is 21.1 Å². The van der Waals surface area contributed by atoms with Crippen molar-refractivity contribution in [3.05, 3.63) is 56.9 Å². The Bertz CT molecular complexity index is 1640. The predicted molar refractivity (Wildman–Crippen MR) is 190 cm³/mol. The topological polar surface area (TPSA) is 161 Å². The highest BCUT2D eigenvalue weighted by atomic mass is 32.1. The number of thiophene rings is 2. The lowest BCUT2D eigenvalue weighted by molar-refractivity contribution is -0.145. The molecule has 0 aromatic carbocycles. The van der Waals surface area contributed by atoms with E-state index in [1.54, 1.807) is 17.6 Å². The number of aliphatic carboxylic acids is 1. The van der Waals surface area contributed by atoms with Crippen LogP contribution in [0.3, 0.4) is 0 Å². The lowest BCUT2D eigenvalue weighted by atomic mass is 9.82. The molecule has 12 nitrogen and oxygen atoms in total. The summed E-state index contributed by atoms with van der Waals surface area (Å²) in [4.78, 5) is 70.1. The van der Waals surface area contributed by atoms with Crippen LogP contribution in [0, 0.1) is 5.92 Å². The molecule has 5 heterocycles. The smallest absolute Gasteiger partial charge is 0.330 e. The van der Waals surface area contributed by atoms with Gasteiger partial charge in [0, 0.05) is 37.1 Å². The number of fused-ring (bicyclic) bond motifs is 2. The molecule has 50 heavy (non-hydrogen) atoms. The fourth-order valence-electron chi connectivity index (χ4n) is 8.11. The lowest BCUT2D eigenvalue weighted by Gasteiger charge is -2.35. The van der Waals surface area contributed by atoms with Gasteiger partial charge in [0.05, 0.1) is 12.0 Å². The number of hydrogen-bond acceptors (Lipinski definition) is 8. The van der Waals surface area contributed by atoms with E-state index in [-0.39, 0.29) is 43.2 Å². The number of hydrazone groups is 1. The van der Waals surface area contributed by atoms with Crippen LogP contribution >= 0.6 is 22.7 Å². The van der Waals surface area contributed by atoms with Gasteiger partial charge in [-0.05, 0) is 83.3 Å². The summed E-state index contributed by atoms with van der Waals surface area (Å²) in [6.45, 7) is 0.0191.